The van der Waals surface area contributed by atoms with Crippen molar-refractivity contribution in [1.82, 2.24) is 20.4 Å². The summed E-state index contributed by atoms with van der Waals surface area (Å²) in [6, 6.07) is 4.38. The highest BCUT2D eigenvalue weighted by Crippen LogP contribution is 2.24. The number of nitrogens with zero attached hydrogens (tertiary/aromatic N) is 2. The molecular formula is C15H22N4O. The van der Waals surface area contributed by atoms with Crippen LogP contribution in [0.25, 0.3) is 0 Å². The SMILES string of the molecule is Cc1[nH]ncc1CNC[C@H](c1ccco1)N1CCCC1. The van der Waals surface area contributed by atoms with Gasteiger partial charge in [0.2, 0.25) is 0 Å². The molecule has 0 aliphatic carbocycles. The molecule has 0 saturated carbocycles. The van der Waals surface area contributed by atoms with Gasteiger partial charge in [-0.1, -0.05) is 0 Å². The van der Waals surface area contributed by atoms with Gasteiger partial charge in [-0.2, -0.15) is 5.10 Å². The molecule has 1 fully saturated rings. The van der Waals surface area contributed by atoms with Gasteiger partial charge in [0.05, 0.1) is 18.5 Å². The largest absolute Gasteiger partial charge is 0.468 e. The Morgan fingerprint density at radius 1 is 1.45 bits per heavy atom. The van der Waals surface area contributed by atoms with Crippen LogP contribution in [0.4, 0.5) is 0 Å². The lowest BCUT2D eigenvalue weighted by Gasteiger charge is -2.26. The second-order valence-electron chi connectivity index (χ2n) is 5.43. The highest BCUT2D eigenvalue weighted by Gasteiger charge is 2.25. The molecule has 0 amide bonds. The topological polar surface area (TPSA) is 57.1 Å². The van der Waals surface area contributed by atoms with Crippen molar-refractivity contribution in [1.29, 1.82) is 0 Å². The Morgan fingerprint density at radius 3 is 2.95 bits per heavy atom. The Kier molecular flexibility index (Phi) is 4.18. The van der Waals surface area contributed by atoms with Crippen LogP contribution in [-0.4, -0.2) is 34.7 Å². The van der Waals surface area contributed by atoms with Gasteiger partial charge in [-0.05, 0) is 45.0 Å². The Hall–Kier alpha value is -1.59. The lowest BCUT2D eigenvalue weighted by atomic mass is 10.2. The van der Waals surface area contributed by atoms with Gasteiger partial charge in [0.1, 0.15) is 5.76 Å². The fourth-order valence-corrected chi connectivity index (χ4v) is 2.84. The third kappa shape index (κ3) is 2.94. The fourth-order valence-electron chi connectivity index (χ4n) is 2.84. The molecule has 3 rings (SSSR count). The van der Waals surface area contributed by atoms with Crippen molar-refractivity contribution in [2.45, 2.75) is 32.4 Å². The van der Waals surface area contributed by atoms with Gasteiger partial charge in [0, 0.05) is 24.3 Å². The number of H-pyrrole nitrogens is 1. The van der Waals surface area contributed by atoms with E-state index in [1.807, 2.05) is 12.3 Å². The molecule has 3 heterocycles. The van der Waals surface area contributed by atoms with Crippen molar-refractivity contribution in [2.24, 2.45) is 0 Å². The molecule has 0 bridgehead atoms. The summed E-state index contributed by atoms with van der Waals surface area (Å²) in [4.78, 5) is 2.51. The third-order valence-corrected chi connectivity index (χ3v) is 4.04. The van der Waals surface area contributed by atoms with Gasteiger partial charge in [0.15, 0.2) is 0 Å². The zero-order chi connectivity index (χ0) is 13.8. The summed E-state index contributed by atoms with van der Waals surface area (Å²) in [5.41, 5.74) is 2.36. The first kappa shape index (κ1) is 13.4. The minimum Gasteiger partial charge on any atom is -0.468 e. The Bertz CT molecular complexity index is 514. The zero-order valence-corrected chi connectivity index (χ0v) is 11.9. The summed E-state index contributed by atoms with van der Waals surface area (Å²) < 4.78 is 5.62. The minimum atomic E-state index is 0.333. The van der Waals surface area contributed by atoms with Crippen LogP contribution in [-0.2, 0) is 6.54 Å². The minimum absolute atomic E-state index is 0.333. The van der Waals surface area contributed by atoms with Crippen LogP contribution in [0.3, 0.4) is 0 Å². The molecule has 5 heteroatoms. The van der Waals surface area contributed by atoms with Crippen LogP contribution in [0.5, 0.6) is 0 Å². The maximum Gasteiger partial charge on any atom is 0.122 e. The molecule has 5 nitrogen and oxygen atoms in total. The van der Waals surface area contributed by atoms with Crippen molar-refractivity contribution in [3.63, 3.8) is 0 Å². The number of nitrogens with one attached hydrogen (secondary N) is 2. The monoisotopic (exact) mass is 274 g/mol. The van der Waals surface area contributed by atoms with Crippen LogP contribution in [0.15, 0.2) is 29.0 Å². The summed E-state index contributed by atoms with van der Waals surface area (Å²) in [6.45, 7) is 6.12. The number of furan rings is 1. The lowest BCUT2D eigenvalue weighted by molar-refractivity contribution is 0.209. The van der Waals surface area contributed by atoms with Crippen molar-refractivity contribution >= 4 is 0 Å². The van der Waals surface area contributed by atoms with Gasteiger partial charge < -0.3 is 9.73 Å². The van der Waals surface area contributed by atoms with Gasteiger partial charge in [-0.25, -0.2) is 0 Å². The number of likely N-dealkylation sites (tertiary alicyclic amines) is 1. The molecule has 1 aliphatic heterocycles. The average Bonchev–Trinajstić information content (AvgIpc) is 3.18. The average molecular weight is 274 g/mol. The molecule has 2 aromatic heterocycles. The molecule has 0 spiro atoms. The number of hydrogen-bond donors (Lipinski definition) is 2. The highest BCUT2D eigenvalue weighted by molar-refractivity contribution is 5.14. The van der Waals surface area contributed by atoms with Crippen LogP contribution >= 0.6 is 0 Å². The van der Waals surface area contributed by atoms with Crippen LogP contribution in [0.2, 0.25) is 0 Å². The second kappa shape index (κ2) is 6.24. The Morgan fingerprint density at radius 2 is 2.30 bits per heavy atom. The first-order chi connectivity index (χ1) is 9.84. The standard InChI is InChI=1S/C15H22N4O/c1-12-13(10-17-18-12)9-16-11-14(15-5-4-8-20-15)19-6-2-3-7-19/h4-5,8,10,14,16H,2-3,6-7,9,11H2,1H3,(H,17,18)/t14-/m1/s1. The van der Waals surface area contributed by atoms with E-state index in [0.29, 0.717) is 6.04 Å². The molecule has 0 radical (unpaired) electrons. The van der Waals surface area contributed by atoms with Crippen molar-refractivity contribution < 1.29 is 4.42 Å². The zero-order valence-electron chi connectivity index (χ0n) is 11.9. The van der Waals surface area contributed by atoms with Crippen LogP contribution in [0.1, 0.15) is 35.9 Å². The van der Waals surface area contributed by atoms with Crippen LogP contribution in [0, 0.1) is 6.92 Å². The van der Waals surface area contributed by atoms with Gasteiger partial charge in [-0.3, -0.25) is 10.00 Å². The third-order valence-electron chi connectivity index (χ3n) is 4.04. The smallest absolute Gasteiger partial charge is 0.122 e. The number of aromatic nitrogens is 2. The van der Waals surface area contributed by atoms with Crippen molar-refractivity contribution in [3.05, 3.63) is 41.6 Å². The second-order valence-corrected chi connectivity index (χ2v) is 5.43. The predicted molar refractivity (Wildman–Crippen MR) is 77.3 cm³/mol. The number of rotatable bonds is 6. The van der Waals surface area contributed by atoms with Gasteiger partial charge >= 0.3 is 0 Å². The first-order valence-electron chi connectivity index (χ1n) is 7.31. The molecular weight excluding hydrogens is 252 g/mol. The molecule has 0 aromatic carbocycles. The molecule has 20 heavy (non-hydrogen) atoms. The molecule has 108 valence electrons. The maximum atomic E-state index is 5.62. The number of aryl methyl sites for hydroxylation is 1. The van der Waals surface area contributed by atoms with Gasteiger partial charge in [-0.15, -0.1) is 0 Å². The van der Waals surface area contributed by atoms with E-state index in [1.54, 1.807) is 6.26 Å². The summed E-state index contributed by atoms with van der Waals surface area (Å²) in [6.07, 6.45) is 6.23. The predicted octanol–water partition coefficient (Wildman–Crippen LogP) is 2.24. The van der Waals surface area contributed by atoms with Gasteiger partial charge in [0.25, 0.3) is 0 Å². The van der Waals surface area contributed by atoms with E-state index >= 15 is 0 Å². The van der Waals surface area contributed by atoms with E-state index in [-0.39, 0.29) is 0 Å². The molecule has 2 aromatic rings. The quantitative estimate of drug-likeness (QED) is 0.848. The Balaban J connectivity index is 1.60. The number of hydrogen-bond acceptors (Lipinski definition) is 4. The Labute approximate surface area is 119 Å². The maximum absolute atomic E-state index is 5.62. The van der Waals surface area contributed by atoms with E-state index < -0.39 is 0 Å². The van der Waals surface area contributed by atoms with Crippen molar-refractivity contribution in [3.8, 4) is 0 Å². The molecule has 2 N–H and O–H groups in total. The van der Waals surface area contributed by atoms with E-state index in [0.717, 1.165) is 37.6 Å². The molecule has 1 aliphatic rings. The van der Waals surface area contributed by atoms with E-state index in [9.17, 15) is 0 Å². The molecule has 0 unspecified atom stereocenters. The normalized spacial score (nSPS) is 17.6. The first-order valence-corrected chi connectivity index (χ1v) is 7.31. The fraction of sp³-hybridized carbons (Fsp3) is 0.533. The highest BCUT2D eigenvalue weighted by atomic mass is 16.3. The lowest BCUT2D eigenvalue weighted by Crippen LogP contribution is -2.33. The van der Waals surface area contributed by atoms with E-state index in [4.69, 9.17) is 4.42 Å². The van der Waals surface area contributed by atoms with Crippen molar-refractivity contribution in [2.75, 3.05) is 19.6 Å². The molecule has 1 saturated heterocycles. The summed E-state index contributed by atoms with van der Waals surface area (Å²) in [7, 11) is 0. The van der Waals surface area contributed by atoms with E-state index in [2.05, 4.69) is 33.4 Å². The van der Waals surface area contributed by atoms with Crippen LogP contribution < -0.4 is 5.32 Å². The number of aromatic amines is 1. The summed E-state index contributed by atoms with van der Waals surface area (Å²) in [5, 5.41) is 10.6. The molecule has 1 atom stereocenters. The summed E-state index contributed by atoms with van der Waals surface area (Å²) in [5.74, 6) is 1.06. The van der Waals surface area contributed by atoms with E-state index in [1.165, 1.54) is 18.4 Å². The summed E-state index contributed by atoms with van der Waals surface area (Å²) >= 11 is 0.